The van der Waals surface area contributed by atoms with Gasteiger partial charge in [-0.3, -0.25) is 0 Å². The van der Waals surface area contributed by atoms with E-state index in [4.69, 9.17) is 10.4 Å². The highest BCUT2D eigenvalue weighted by Gasteiger charge is 2.67. The maximum absolute atomic E-state index is 9.02. The maximum Gasteiger partial charge on any atom is 0.0614 e. The van der Waals surface area contributed by atoms with Crippen molar-refractivity contribution in [3.8, 4) is 0 Å². The van der Waals surface area contributed by atoms with Crippen LogP contribution >= 0.6 is 0 Å². The van der Waals surface area contributed by atoms with E-state index >= 15 is 0 Å². The molecule has 0 saturated heterocycles. The quantitative estimate of drug-likeness (QED) is 0.466. The fourth-order valence-electron chi connectivity index (χ4n) is 5.14. The summed E-state index contributed by atoms with van der Waals surface area (Å²) in [4.78, 5) is 0. The third-order valence-corrected chi connectivity index (χ3v) is 5.42. The number of oxime groups is 2. The van der Waals surface area contributed by atoms with Crippen LogP contribution in [0, 0.1) is 35.5 Å². The van der Waals surface area contributed by atoms with Gasteiger partial charge in [0.1, 0.15) is 0 Å². The zero-order valence-electron chi connectivity index (χ0n) is 8.37. The average Bonchev–Trinajstić information content (AvgIpc) is 2.83. The molecule has 4 aliphatic carbocycles. The Hall–Kier alpha value is -1.06. The van der Waals surface area contributed by atoms with Crippen molar-refractivity contribution in [3.63, 3.8) is 0 Å². The zero-order chi connectivity index (χ0) is 10.2. The monoisotopic (exact) mass is 206 g/mol. The van der Waals surface area contributed by atoms with Gasteiger partial charge in [-0.15, -0.1) is 0 Å². The lowest BCUT2D eigenvalue weighted by atomic mass is 9.79. The van der Waals surface area contributed by atoms with E-state index in [1.807, 2.05) is 0 Å². The highest BCUT2D eigenvalue weighted by atomic mass is 16.4. The second-order valence-corrected chi connectivity index (χ2v) is 5.53. The predicted molar refractivity (Wildman–Crippen MR) is 53.2 cm³/mol. The third-order valence-electron chi connectivity index (χ3n) is 5.42. The fraction of sp³-hybridized carbons (Fsp3) is 0.818. The van der Waals surface area contributed by atoms with Gasteiger partial charge < -0.3 is 10.4 Å². The second kappa shape index (κ2) is 2.36. The molecule has 0 aromatic carbocycles. The number of fused-ring (bicyclic) bond motifs is 2. The van der Waals surface area contributed by atoms with E-state index in [-0.39, 0.29) is 0 Å². The van der Waals surface area contributed by atoms with Crippen LogP contribution in [0.4, 0.5) is 0 Å². The van der Waals surface area contributed by atoms with E-state index in [1.165, 1.54) is 6.42 Å². The molecular formula is C11H14N2O2. The Morgan fingerprint density at radius 3 is 1.67 bits per heavy atom. The van der Waals surface area contributed by atoms with E-state index in [0.29, 0.717) is 23.7 Å². The smallest absolute Gasteiger partial charge is 0.0614 e. The topological polar surface area (TPSA) is 65.2 Å². The van der Waals surface area contributed by atoms with Crippen molar-refractivity contribution in [3.05, 3.63) is 0 Å². The molecule has 4 fully saturated rings. The van der Waals surface area contributed by atoms with Gasteiger partial charge in [0.05, 0.1) is 11.4 Å². The van der Waals surface area contributed by atoms with Crippen LogP contribution in [0.5, 0.6) is 0 Å². The minimum absolute atomic E-state index is 0.398. The molecule has 4 saturated carbocycles. The molecule has 0 heterocycles. The lowest BCUT2D eigenvalue weighted by Gasteiger charge is -2.24. The van der Waals surface area contributed by atoms with Crippen LogP contribution in [-0.2, 0) is 0 Å². The summed E-state index contributed by atoms with van der Waals surface area (Å²) in [5, 5.41) is 25.0. The molecule has 0 aromatic rings. The first-order valence-electron chi connectivity index (χ1n) is 5.76. The van der Waals surface area contributed by atoms with Gasteiger partial charge in [0.2, 0.25) is 0 Å². The van der Waals surface area contributed by atoms with Crippen molar-refractivity contribution in [1.29, 1.82) is 0 Å². The van der Waals surface area contributed by atoms with E-state index in [2.05, 4.69) is 10.3 Å². The molecule has 2 bridgehead atoms. The van der Waals surface area contributed by atoms with Crippen LogP contribution in [0.1, 0.15) is 19.3 Å². The highest BCUT2D eigenvalue weighted by Crippen LogP contribution is 2.68. The predicted octanol–water partition coefficient (Wildman–Crippen LogP) is 1.57. The molecule has 0 amide bonds. The third kappa shape index (κ3) is 0.703. The standard InChI is InChI=1S/C11H14N2O2/c14-12-8-2-4-5-3-9(13-15)11-7(5)1-6(4)10(8)11/h4-7,10-11,14-15H,1-3H2/b12-8-,13-9+/t4-,5+,6+,7-,10-,11+/m1/s1. The minimum Gasteiger partial charge on any atom is -0.411 e. The van der Waals surface area contributed by atoms with E-state index in [1.54, 1.807) is 0 Å². The van der Waals surface area contributed by atoms with Crippen LogP contribution in [0.15, 0.2) is 10.3 Å². The Kier molecular flexibility index (Phi) is 1.28. The Morgan fingerprint density at radius 2 is 1.27 bits per heavy atom. The SMILES string of the molecule is O/N=C1/C[C@@H]2[C@@H]3C/C(=N\O)[C@@H]4[C@@H]3C[C@@H]2[C@H]14. The van der Waals surface area contributed by atoms with Crippen molar-refractivity contribution in [1.82, 2.24) is 0 Å². The lowest BCUT2D eigenvalue weighted by molar-refractivity contribution is 0.240. The summed E-state index contributed by atoms with van der Waals surface area (Å²) in [6.07, 6.45) is 3.24. The first-order chi connectivity index (χ1) is 7.35. The zero-order valence-corrected chi connectivity index (χ0v) is 8.37. The second-order valence-electron chi connectivity index (χ2n) is 5.53. The molecular weight excluding hydrogens is 192 g/mol. The molecule has 4 heteroatoms. The lowest BCUT2D eigenvalue weighted by Crippen LogP contribution is -2.26. The Morgan fingerprint density at radius 1 is 0.800 bits per heavy atom. The number of nitrogens with zero attached hydrogens (tertiary/aromatic N) is 2. The summed E-state index contributed by atoms with van der Waals surface area (Å²) in [5.41, 5.74) is 1.95. The molecule has 4 nitrogen and oxygen atoms in total. The van der Waals surface area contributed by atoms with Crippen molar-refractivity contribution < 1.29 is 10.4 Å². The van der Waals surface area contributed by atoms with Crippen molar-refractivity contribution in [2.75, 3.05) is 0 Å². The van der Waals surface area contributed by atoms with Crippen molar-refractivity contribution >= 4 is 11.4 Å². The summed E-state index contributed by atoms with van der Waals surface area (Å²) in [7, 11) is 0. The molecule has 2 N–H and O–H groups in total. The summed E-state index contributed by atoms with van der Waals surface area (Å²) >= 11 is 0. The number of rotatable bonds is 0. The molecule has 0 aliphatic heterocycles. The van der Waals surface area contributed by atoms with Gasteiger partial charge in [-0.05, 0) is 42.9 Å². The van der Waals surface area contributed by atoms with Crippen LogP contribution in [0.2, 0.25) is 0 Å². The van der Waals surface area contributed by atoms with E-state index < -0.39 is 0 Å². The minimum atomic E-state index is 0.398. The van der Waals surface area contributed by atoms with Crippen LogP contribution < -0.4 is 0 Å². The van der Waals surface area contributed by atoms with Gasteiger partial charge in [0, 0.05) is 11.8 Å². The Bertz CT molecular complexity index is 350. The van der Waals surface area contributed by atoms with E-state index in [9.17, 15) is 0 Å². The Labute approximate surface area is 87.7 Å². The largest absolute Gasteiger partial charge is 0.411 e. The van der Waals surface area contributed by atoms with Gasteiger partial charge >= 0.3 is 0 Å². The first-order valence-corrected chi connectivity index (χ1v) is 5.76. The van der Waals surface area contributed by atoms with Crippen LogP contribution in [-0.4, -0.2) is 21.8 Å². The molecule has 0 aromatic heterocycles. The molecule has 4 rings (SSSR count). The maximum atomic E-state index is 9.02. The molecule has 4 aliphatic rings. The van der Waals surface area contributed by atoms with Gasteiger partial charge in [-0.1, -0.05) is 10.3 Å². The first kappa shape index (κ1) is 8.13. The average molecular weight is 206 g/mol. The molecule has 0 spiro atoms. The summed E-state index contributed by atoms with van der Waals surface area (Å²) in [6.45, 7) is 0. The number of hydrogen-bond acceptors (Lipinski definition) is 4. The van der Waals surface area contributed by atoms with Crippen LogP contribution in [0.3, 0.4) is 0 Å². The van der Waals surface area contributed by atoms with Crippen molar-refractivity contribution in [2.24, 2.45) is 45.8 Å². The fourth-order valence-corrected chi connectivity index (χ4v) is 5.14. The van der Waals surface area contributed by atoms with Gasteiger partial charge in [0.15, 0.2) is 0 Å². The van der Waals surface area contributed by atoms with Gasteiger partial charge in [0.25, 0.3) is 0 Å². The molecule has 80 valence electrons. The summed E-state index contributed by atoms with van der Waals surface area (Å²) < 4.78 is 0. The Balaban J connectivity index is 1.87. The highest BCUT2D eigenvalue weighted by molar-refractivity contribution is 6.00. The summed E-state index contributed by atoms with van der Waals surface area (Å²) in [6, 6.07) is 0. The molecule has 15 heavy (non-hydrogen) atoms. The van der Waals surface area contributed by atoms with Crippen LogP contribution in [0.25, 0.3) is 0 Å². The number of hydrogen-bond donors (Lipinski definition) is 2. The molecule has 0 radical (unpaired) electrons. The van der Waals surface area contributed by atoms with Gasteiger partial charge in [-0.25, -0.2) is 0 Å². The normalized spacial score (nSPS) is 60.0. The molecule has 6 atom stereocenters. The van der Waals surface area contributed by atoms with Gasteiger partial charge in [-0.2, -0.15) is 0 Å². The van der Waals surface area contributed by atoms with E-state index in [0.717, 1.165) is 36.1 Å². The van der Waals surface area contributed by atoms with Crippen molar-refractivity contribution in [2.45, 2.75) is 19.3 Å². The summed E-state index contributed by atoms with van der Waals surface area (Å²) in [5.74, 6) is 3.65. The molecule has 0 unspecified atom stereocenters.